The number of hydrogen-bond acceptors (Lipinski definition) is 5. The van der Waals surface area contributed by atoms with Gasteiger partial charge in [-0.05, 0) is 49.5 Å². The standard InChI is InChI=1S/C25H35N3O7/c1-2-3-4-5-6-9-22(30)28-21(17-18-10-13-20(29)14-11-18)24(33)27-19(12-15-23(31)32)8-7-16-26-25(34)35/h6,9-15,19,21,26,29H,2-5,7-8,16-17H2,1H3,(H,27,33)(H,28,30)(H,31,32)(H,34,35). The fourth-order valence-corrected chi connectivity index (χ4v) is 3.21. The predicted octanol–water partition coefficient (Wildman–Crippen LogP) is 2.73. The third-order valence-electron chi connectivity index (χ3n) is 5.02. The van der Waals surface area contributed by atoms with E-state index in [-0.39, 0.29) is 25.1 Å². The van der Waals surface area contributed by atoms with Gasteiger partial charge in [0.15, 0.2) is 0 Å². The molecule has 0 bridgehead atoms. The number of phenolic OH excluding ortho intramolecular Hbond substituents is 1. The number of carboxylic acid groups (broad SMARTS) is 2. The van der Waals surface area contributed by atoms with E-state index in [1.165, 1.54) is 24.3 Å². The van der Waals surface area contributed by atoms with Crippen LogP contribution in [-0.2, 0) is 20.8 Å². The molecule has 1 rings (SSSR count). The van der Waals surface area contributed by atoms with Crippen LogP contribution >= 0.6 is 0 Å². The topological polar surface area (TPSA) is 165 Å². The van der Waals surface area contributed by atoms with E-state index in [9.17, 15) is 24.3 Å². The van der Waals surface area contributed by atoms with Gasteiger partial charge >= 0.3 is 12.1 Å². The summed E-state index contributed by atoms with van der Waals surface area (Å²) in [5, 5.41) is 34.8. The van der Waals surface area contributed by atoms with Crippen molar-refractivity contribution in [2.45, 2.75) is 64.0 Å². The molecule has 3 amide bonds. The van der Waals surface area contributed by atoms with Gasteiger partial charge in [-0.3, -0.25) is 9.59 Å². The van der Waals surface area contributed by atoms with Gasteiger partial charge in [-0.25, -0.2) is 9.59 Å². The number of aliphatic carboxylic acids is 1. The molecule has 6 N–H and O–H groups in total. The number of hydrogen-bond donors (Lipinski definition) is 6. The first kappa shape index (κ1) is 29.2. The van der Waals surface area contributed by atoms with Gasteiger partial charge in [-0.2, -0.15) is 0 Å². The maximum atomic E-state index is 13.1. The Hall–Kier alpha value is -3.82. The average molecular weight is 490 g/mol. The van der Waals surface area contributed by atoms with Crippen LogP contribution in [-0.4, -0.2) is 57.8 Å². The van der Waals surface area contributed by atoms with Crippen molar-refractivity contribution in [3.05, 3.63) is 54.1 Å². The lowest BCUT2D eigenvalue weighted by Crippen LogP contribution is -2.50. The zero-order valence-corrected chi connectivity index (χ0v) is 19.9. The summed E-state index contributed by atoms with van der Waals surface area (Å²) >= 11 is 0. The molecule has 10 nitrogen and oxygen atoms in total. The molecule has 0 aliphatic heterocycles. The molecule has 10 heteroatoms. The highest BCUT2D eigenvalue weighted by molar-refractivity contribution is 5.93. The summed E-state index contributed by atoms with van der Waals surface area (Å²) in [5.41, 5.74) is 0.707. The first-order chi connectivity index (χ1) is 16.7. The number of carbonyl (C=O) groups excluding carboxylic acids is 2. The Bertz CT molecular complexity index is 882. The van der Waals surface area contributed by atoms with Gasteiger partial charge in [0, 0.05) is 25.1 Å². The number of unbranched alkanes of at least 4 members (excludes halogenated alkanes) is 3. The molecule has 1 aromatic rings. The van der Waals surface area contributed by atoms with Crippen molar-refractivity contribution in [3.8, 4) is 5.75 Å². The van der Waals surface area contributed by atoms with E-state index in [0.29, 0.717) is 12.0 Å². The average Bonchev–Trinajstić information content (AvgIpc) is 2.80. The number of carbonyl (C=O) groups is 4. The normalized spacial score (nSPS) is 12.8. The number of amides is 3. The summed E-state index contributed by atoms with van der Waals surface area (Å²) in [6.45, 7) is 2.23. The Labute approximate surface area is 205 Å². The molecule has 0 radical (unpaired) electrons. The van der Waals surface area contributed by atoms with Crippen molar-refractivity contribution in [1.29, 1.82) is 0 Å². The van der Waals surface area contributed by atoms with E-state index in [1.54, 1.807) is 18.2 Å². The van der Waals surface area contributed by atoms with Crippen LogP contribution in [0.1, 0.15) is 51.0 Å². The zero-order chi connectivity index (χ0) is 26.1. The number of carboxylic acids is 1. The minimum atomic E-state index is -1.19. The zero-order valence-electron chi connectivity index (χ0n) is 19.9. The first-order valence-corrected chi connectivity index (χ1v) is 11.6. The maximum Gasteiger partial charge on any atom is 0.404 e. The largest absolute Gasteiger partial charge is 0.508 e. The Morgan fingerprint density at radius 3 is 2.31 bits per heavy atom. The van der Waals surface area contributed by atoms with Gasteiger partial charge in [-0.15, -0.1) is 0 Å². The van der Waals surface area contributed by atoms with Crippen LogP contribution in [0.4, 0.5) is 4.79 Å². The smallest absolute Gasteiger partial charge is 0.404 e. The lowest BCUT2D eigenvalue weighted by atomic mass is 10.0. The molecular weight excluding hydrogens is 454 g/mol. The number of phenols is 1. The SMILES string of the molecule is CCCCCC=CC(=O)NC(Cc1ccc(O)cc1)C(=O)NC(C=CC(=O)O)CCCNC(=O)O. The molecule has 0 saturated heterocycles. The number of nitrogens with one attached hydrogen (secondary N) is 3. The van der Waals surface area contributed by atoms with Crippen molar-refractivity contribution >= 4 is 23.9 Å². The Morgan fingerprint density at radius 2 is 1.69 bits per heavy atom. The molecule has 0 heterocycles. The molecule has 35 heavy (non-hydrogen) atoms. The molecule has 2 atom stereocenters. The maximum absolute atomic E-state index is 13.1. The Kier molecular flexibility index (Phi) is 14.0. The summed E-state index contributed by atoms with van der Waals surface area (Å²) in [7, 11) is 0. The molecule has 1 aromatic carbocycles. The van der Waals surface area contributed by atoms with E-state index in [2.05, 4.69) is 22.9 Å². The van der Waals surface area contributed by atoms with Crippen molar-refractivity contribution in [1.82, 2.24) is 16.0 Å². The highest BCUT2D eigenvalue weighted by atomic mass is 16.4. The van der Waals surface area contributed by atoms with Crippen LogP contribution in [0.25, 0.3) is 0 Å². The molecule has 0 aromatic heterocycles. The van der Waals surface area contributed by atoms with Crippen LogP contribution < -0.4 is 16.0 Å². The van der Waals surface area contributed by atoms with Crippen LogP contribution in [0.15, 0.2) is 48.6 Å². The third kappa shape index (κ3) is 14.1. The molecule has 0 aliphatic carbocycles. The van der Waals surface area contributed by atoms with E-state index in [0.717, 1.165) is 31.8 Å². The molecule has 0 saturated carbocycles. The minimum Gasteiger partial charge on any atom is -0.508 e. The van der Waals surface area contributed by atoms with Crippen LogP contribution in [0, 0.1) is 0 Å². The van der Waals surface area contributed by atoms with E-state index in [4.69, 9.17) is 10.2 Å². The van der Waals surface area contributed by atoms with Gasteiger partial charge in [0.1, 0.15) is 11.8 Å². The van der Waals surface area contributed by atoms with E-state index < -0.39 is 36.0 Å². The molecule has 0 spiro atoms. The van der Waals surface area contributed by atoms with Crippen molar-refractivity contribution in [2.75, 3.05) is 6.54 Å². The lowest BCUT2D eigenvalue weighted by Gasteiger charge is -2.22. The van der Waals surface area contributed by atoms with Crippen LogP contribution in [0.3, 0.4) is 0 Å². The van der Waals surface area contributed by atoms with Crippen molar-refractivity contribution in [3.63, 3.8) is 0 Å². The summed E-state index contributed by atoms with van der Waals surface area (Å²) in [5.74, 6) is -2.06. The van der Waals surface area contributed by atoms with E-state index >= 15 is 0 Å². The third-order valence-corrected chi connectivity index (χ3v) is 5.02. The second kappa shape index (κ2) is 16.7. The fourth-order valence-electron chi connectivity index (χ4n) is 3.21. The van der Waals surface area contributed by atoms with Gasteiger partial charge in [0.2, 0.25) is 11.8 Å². The highest BCUT2D eigenvalue weighted by Crippen LogP contribution is 2.12. The van der Waals surface area contributed by atoms with Crippen molar-refractivity contribution < 1.29 is 34.5 Å². The lowest BCUT2D eigenvalue weighted by molar-refractivity contribution is -0.131. The number of benzene rings is 1. The highest BCUT2D eigenvalue weighted by Gasteiger charge is 2.22. The molecule has 0 aliphatic rings. The molecular formula is C25H35N3O7. The minimum absolute atomic E-state index is 0.0719. The van der Waals surface area contributed by atoms with Crippen molar-refractivity contribution in [2.24, 2.45) is 0 Å². The Balaban J connectivity index is 2.91. The van der Waals surface area contributed by atoms with Gasteiger partial charge in [-0.1, -0.05) is 44.1 Å². The summed E-state index contributed by atoms with van der Waals surface area (Å²) < 4.78 is 0. The second-order valence-electron chi connectivity index (χ2n) is 8.02. The fraction of sp³-hybridized carbons (Fsp3) is 0.440. The number of allylic oxidation sites excluding steroid dienone is 1. The summed E-state index contributed by atoms with van der Waals surface area (Å²) in [6.07, 6.45) is 8.84. The second-order valence-corrected chi connectivity index (χ2v) is 8.02. The summed E-state index contributed by atoms with van der Waals surface area (Å²) in [6, 6.07) is 4.60. The quantitative estimate of drug-likeness (QED) is 0.153. The first-order valence-electron chi connectivity index (χ1n) is 11.6. The number of aromatic hydroxyl groups is 1. The van der Waals surface area contributed by atoms with Crippen LogP contribution in [0.5, 0.6) is 5.75 Å². The summed E-state index contributed by atoms with van der Waals surface area (Å²) in [4.78, 5) is 47.1. The van der Waals surface area contributed by atoms with Gasteiger partial charge in [0.25, 0.3) is 0 Å². The number of rotatable bonds is 16. The van der Waals surface area contributed by atoms with Gasteiger partial charge < -0.3 is 31.3 Å². The van der Waals surface area contributed by atoms with Gasteiger partial charge in [0.05, 0.1) is 0 Å². The predicted molar refractivity (Wildman–Crippen MR) is 131 cm³/mol. The molecule has 192 valence electrons. The van der Waals surface area contributed by atoms with E-state index in [1.807, 2.05) is 0 Å². The molecule has 2 unspecified atom stereocenters. The Morgan fingerprint density at radius 1 is 0.971 bits per heavy atom. The van der Waals surface area contributed by atoms with Crippen LogP contribution in [0.2, 0.25) is 0 Å². The monoisotopic (exact) mass is 489 g/mol. The molecule has 0 fully saturated rings.